The minimum atomic E-state index is -0.128. The van der Waals surface area contributed by atoms with Gasteiger partial charge in [-0.1, -0.05) is 35.3 Å². The Kier molecular flexibility index (Phi) is 7.63. The van der Waals surface area contributed by atoms with Gasteiger partial charge in [-0.3, -0.25) is 4.79 Å². The second-order valence-electron chi connectivity index (χ2n) is 8.34. The van der Waals surface area contributed by atoms with Gasteiger partial charge in [-0.2, -0.15) is 5.10 Å². The molecule has 4 heterocycles. The molecule has 2 aliphatic rings. The van der Waals surface area contributed by atoms with E-state index >= 15 is 0 Å². The third-order valence-electron chi connectivity index (χ3n) is 6.03. The van der Waals surface area contributed by atoms with Gasteiger partial charge in [-0.25, -0.2) is 14.6 Å². The van der Waals surface area contributed by atoms with Crippen molar-refractivity contribution < 1.29 is 4.79 Å². The Bertz CT molecular complexity index is 1160. The zero-order chi connectivity index (χ0) is 23.4. The SMILES string of the molecule is C1CCNC1.Cc1nn(C(C)c2ccc(Cl)cc2Cl)c2nc(C3=CCN(C=O)CC3)cnc12. The first-order chi connectivity index (χ1) is 16.0. The summed E-state index contributed by atoms with van der Waals surface area (Å²) in [6, 6.07) is 5.33. The van der Waals surface area contributed by atoms with E-state index in [1.165, 1.54) is 25.9 Å². The van der Waals surface area contributed by atoms with Crippen LogP contribution in [0.15, 0.2) is 30.5 Å². The molecule has 1 amide bonds. The Balaban J connectivity index is 0.000000459. The van der Waals surface area contributed by atoms with E-state index in [4.69, 9.17) is 28.2 Å². The molecule has 33 heavy (non-hydrogen) atoms. The lowest BCUT2D eigenvalue weighted by molar-refractivity contribution is -0.117. The molecule has 1 fully saturated rings. The van der Waals surface area contributed by atoms with Crippen LogP contribution in [0, 0.1) is 6.92 Å². The maximum Gasteiger partial charge on any atom is 0.209 e. The number of nitrogens with one attached hydrogen (secondary N) is 1. The van der Waals surface area contributed by atoms with Crippen molar-refractivity contribution in [2.75, 3.05) is 26.2 Å². The standard InChI is InChI=1S/C20H19Cl2N5O.C4H9N/c1-12-19-20(24-18(10-23-19)14-5-7-26(11-28)8-6-14)27(25-12)13(2)16-4-3-15(21)9-17(16)22;1-2-4-5-3-1/h3-5,9-11,13H,6-8H2,1-2H3;5H,1-4H2. The number of halogens is 2. The third kappa shape index (κ3) is 5.37. The molecular formula is C24H28Cl2N6O. The van der Waals surface area contributed by atoms with Crippen LogP contribution in [0.1, 0.15) is 49.2 Å². The first-order valence-corrected chi connectivity index (χ1v) is 12.0. The van der Waals surface area contributed by atoms with Gasteiger partial charge in [-0.05, 0) is 69.5 Å². The zero-order valence-electron chi connectivity index (χ0n) is 18.9. The molecule has 9 heteroatoms. The number of aromatic nitrogens is 4. The molecule has 2 aromatic heterocycles. The van der Waals surface area contributed by atoms with Gasteiger partial charge >= 0.3 is 0 Å². The summed E-state index contributed by atoms with van der Waals surface area (Å²) in [6.45, 7) is 7.72. The van der Waals surface area contributed by atoms with Crippen molar-refractivity contribution in [3.8, 4) is 0 Å². The molecule has 0 saturated carbocycles. The van der Waals surface area contributed by atoms with Crippen LogP contribution in [-0.2, 0) is 4.79 Å². The number of rotatable bonds is 4. The van der Waals surface area contributed by atoms with Crippen LogP contribution in [-0.4, -0.2) is 57.2 Å². The number of nitrogens with zero attached hydrogens (tertiary/aromatic N) is 5. The normalized spacial score (nSPS) is 16.8. The van der Waals surface area contributed by atoms with Crippen molar-refractivity contribution in [2.24, 2.45) is 0 Å². The minimum absolute atomic E-state index is 0.128. The second kappa shape index (κ2) is 10.6. The Morgan fingerprint density at radius 2 is 2.00 bits per heavy atom. The fourth-order valence-corrected chi connectivity index (χ4v) is 4.65. The topological polar surface area (TPSA) is 75.9 Å². The summed E-state index contributed by atoms with van der Waals surface area (Å²) in [6.07, 6.45) is 8.22. The van der Waals surface area contributed by atoms with Gasteiger partial charge in [-0.15, -0.1) is 0 Å². The van der Waals surface area contributed by atoms with Gasteiger partial charge in [0.15, 0.2) is 5.65 Å². The number of hydrogen-bond acceptors (Lipinski definition) is 5. The lowest BCUT2D eigenvalue weighted by Crippen LogP contribution is -2.27. The van der Waals surface area contributed by atoms with Crippen LogP contribution in [0.5, 0.6) is 0 Å². The average molecular weight is 487 g/mol. The van der Waals surface area contributed by atoms with Gasteiger partial charge in [0, 0.05) is 23.1 Å². The summed E-state index contributed by atoms with van der Waals surface area (Å²) in [5.74, 6) is 0. The van der Waals surface area contributed by atoms with Crippen molar-refractivity contribution in [3.63, 3.8) is 0 Å². The molecule has 1 atom stereocenters. The molecule has 1 aromatic carbocycles. The highest BCUT2D eigenvalue weighted by molar-refractivity contribution is 6.35. The minimum Gasteiger partial charge on any atom is -0.341 e. The summed E-state index contributed by atoms with van der Waals surface area (Å²) >= 11 is 12.4. The van der Waals surface area contributed by atoms with Crippen LogP contribution in [0.25, 0.3) is 16.7 Å². The van der Waals surface area contributed by atoms with Crippen molar-refractivity contribution in [3.05, 3.63) is 57.5 Å². The van der Waals surface area contributed by atoms with Gasteiger partial charge in [0.25, 0.3) is 0 Å². The van der Waals surface area contributed by atoms with E-state index in [1.807, 2.05) is 36.7 Å². The number of carbonyl (C=O) groups excluding carboxylic acids is 1. The molecule has 1 unspecified atom stereocenters. The molecule has 1 saturated heterocycles. The first kappa shape index (κ1) is 23.7. The van der Waals surface area contributed by atoms with E-state index in [0.29, 0.717) is 28.8 Å². The van der Waals surface area contributed by atoms with E-state index in [-0.39, 0.29) is 6.04 Å². The molecule has 174 valence electrons. The van der Waals surface area contributed by atoms with Crippen molar-refractivity contribution >= 4 is 46.3 Å². The predicted octanol–water partition coefficient (Wildman–Crippen LogP) is 4.67. The molecule has 7 nitrogen and oxygen atoms in total. The lowest BCUT2D eigenvalue weighted by atomic mass is 10.1. The zero-order valence-corrected chi connectivity index (χ0v) is 20.4. The van der Waals surface area contributed by atoms with E-state index in [9.17, 15) is 4.79 Å². The average Bonchev–Trinajstić information content (AvgIpc) is 3.51. The summed E-state index contributed by atoms with van der Waals surface area (Å²) < 4.78 is 1.86. The molecule has 1 N–H and O–H groups in total. The third-order valence-corrected chi connectivity index (χ3v) is 6.59. The van der Waals surface area contributed by atoms with Crippen molar-refractivity contribution in [2.45, 2.75) is 39.2 Å². The van der Waals surface area contributed by atoms with Gasteiger partial charge < -0.3 is 10.2 Å². The lowest BCUT2D eigenvalue weighted by Gasteiger charge is -2.22. The Labute approximate surface area is 203 Å². The summed E-state index contributed by atoms with van der Waals surface area (Å²) in [7, 11) is 0. The molecule has 0 aliphatic carbocycles. The number of hydrogen-bond donors (Lipinski definition) is 1. The molecule has 2 aliphatic heterocycles. The molecular weight excluding hydrogens is 459 g/mol. The predicted molar refractivity (Wildman–Crippen MR) is 133 cm³/mol. The van der Waals surface area contributed by atoms with Crippen molar-refractivity contribution in [1.82, 2.24) is 30.0 Å². The van der Waals surface area contributed by atoms with E-state index in [2.05, 4.69) is 15.4 Å². The molecule has 3 aromatic rings. The number of carbonyl (C=O) groups is 1. The monoisotopic (exact) mass is 486 g/mol. The molecule has 0 bridgehead atoms. The van der Waals surface area contributed by atoms with E-state index in [0.717, 1.165) is 40.9 Å². The largest absolute Gasteiger partial charge is 0.341 e. The highest BCUT2D eigenvalue weighted by Gasteiger charge is 2.20. The number of aryl methyl sites for hydroxylation is 1. The summed E-state index contributed by atoms with van der Waals surface area (Å²) in [5.41, 5.74) is 5.12. The molecule has 0 radical (unpaired) electrons. The Hall–Kier alpha value is -2.48. The maximum absolute atomic E-state index is 10.9. The van der Waals surface area contributed by atoms with E-state index < -0.39 is 0 Å². The molecule has 5 rings (SSSR count). The van der Waals surface area contributed by atoms with Gasteiger partial charge in [0.05, 0.1) is 23.6 Å². The van der Waals surface area contributed by atoms with Crippen LogP contribution in [0.2, 0.25) is 10.0 Å². The number of amides is 1. The fourth-order valence-electron chi connectivity index (χ4n) is 4.09. The van der Waals surface area contributed by atoms with Crippen LogP contribution < -0.4 is 5.32 Å². The maximum atomic E-state index is 10.9. The summed E-state index contributed by atoms with van der Waals surface area (Å²) in [4.78, 5) is 22.1. The smallest absolute Gasteiger partial charge is 0.209 e. The van der Waals surface area contributed by atoms with Crippen LogP contribution in [0.4, 0.5) is 0 Å². The molecule has 0 spiro atoms. The Morgan fingerprint density at radius 1 is 1.21 bits per heavy atom. The van der Waals surface area contributed by atoms with Crippen molar-refractivity contribution in [1.29, 1.82) is 0 Å². The van der Waals surface area contributed by atoms with E-state index in [1.54, 1.807) is 17.2 Å². The summed E-state index contributed by atoms with van der Waals surface area (Å²) in [5, 5.41) is 9.08. The van der Waals surface area contributed by atoms with Crippen LogP contribution in [0.3, 0.4) is 0 Å². The number of benzene rings is 1. The Morgan fingerprint density at radius 3 is 2.61 bits per heavy atom. The fraction of sp³-hybridized carbons (Fsp3) is 0.417. The van der Waals surface area contributed by atoms with Gasteiger partial charge in [0.2, 0.25) is 6.41 Å². The van der Waals surface area contributed by atoms with Crippen LogP contribution >= 0.6 is 23.2 Å². The quantitative estimate of drug-likeness (QED) is 0.542. The first-order valence-electron chi connectivity index (χ1n) is 11.2. The van der Waals surface area contributed by atoms with Gasteiger partial charge in [0.1, 0.15) is 5.52 Å². The number of fused-ring (bicyclic) bond motifs is 1. The highest BCUT2D eigenvalue weighted by Crippen LogP contribution is 2.31. The second-order valence-corrected chi connectivity index (χ2v) is 9.18. The highest BCUT2D eigenvalue weighted by atomic mass is 35.5.